The fourth-order valence-electron chi connectivity index (χ4n) is 2.72. The Kier molecular flexibility index (Phi) is 2.57. The van der Waals surface area contributed by atoms with Gasteiger partial charge in [0.2, 0.25) is 0 Å². The van der Waals surface area contributed by atoms with Crippen LogP contribution in [0.15, 0.2) is 0 Å². The van der Waals surface area contributed by atoms with Crippen molar-refractivity contribution in [1.29, 1.82) is 0 Å². The molecule has 4 heteroatoms. The summed E-state index contributed by atoms with van der Waals surface area (Å²) in [6, 6.07) is 0. The summed E-state index contributed by atoms with van der Waals surface area (Å²) in [7, 11) is 0. The number of nitrogens with zero attached hydrogens (tertiary/aromatic N) is 3. The Balaban J connectivity index is 2.04. The fraction of sp³-hybridized carbons (Fsp3) is 0.615. The van der Waals surface area contributed by atoms with Gasteiger partial charge in [0, 0.05) is 5.92 Å². The van der Waals surface area contributed by atoms with E-state index in [1.54, 1.807) is 0 Å². The van der Waals surface area contributed by atoms with Gasteiger partial charge in [-0.1, -0.05) is 19.3 Å². The van der Waals surface area contributed by atoms with E-state index in [4.69, 9.17) is 0 Å². The summed E-state index contributed by atoms with van der Waals surface area (Å²) in [6.07, 6.45) is 6.44. The zero-order chi connectivity index (χ0) is 11.8. The molecule has 1 N–H and O–H groups in total. The number of rotatable bonds is 1. The van der Waals surface area contributed by atoms with E-state index in [2.05, 4.69) is 19.9 Å². The molecule has 17 heavy (non-hydrogen) atoms. The van der Waals surface area contributed by atoms with Gasteiger partial charge in [-0.3, -0.25) is 0 Å². The van der Waals surface area contributed by atoms with Crippen LogP contribution < -0.4 is 0 Å². The van der Waals surface area contributed by atoms with Gasteiger partial charge < -0.3 is 4.98 Å². The van der Waals surface area contributed by atoms with Crippen molar-refractivity contribution in [3.05, 3.63) is 17.3 Å². The number of aromatic nitrogens is 4. The Morgan fingerprint density at radius 3 is 2.53 bits per heavy atom. The number of hydrogen-bond donors (Lipinski definition) is 1. The first-order valence-electron chi connectivity index (χ1n) is 6.45. The number of imidazole rings is 1. The lowest BCUT2D eigenvalue weighted by Crippen LogP contribution is -2.09. The molecule has 0 saturated heterocycles. The maximum atomic E-state index is 4.66. The van der Waals surface area contributed by atoms with Gasteiger partial charge in [-0.15, -0.1) is 0 Å². The van der Waals surface area contributed by atoms with Crippen molar-refractivity contribution in [1.82, 2.24) is 19.9 Å². The van der Waals surface area contributed by atoms with Crippen LogP contribution in [0.5, 0.6) is 0 Å². The molecule has 0 spiro atoms. The second-order valence-corrected chi connectivity index (χ2v) is 5.02. The maximum Gasteiger partial charge on any atom is 0.181 e. The highest BCUT2D eigenvalue weighted by Crippen LogP contribution is 2.31. The first kappa shape index (κ1) is 10.7. The SMILES string of the molecule is Cc1nc2nc(C3CCCCC3)nc(C)c2[nH]1. The monoisotopic (exact) mass is 230 g/mol. The zero-order valence-electron chi connectivity index (χ0n) is 10.5. The van der Waals surface area contributed by atoms with E-state index in [1.165, 1.54) is 32.1 Å². The van der Waals surface area contributed by atoms with Crippen LogP contribution in [0.25, 0.3) is 11.2 Å². The van der Waals surface area contributed by atoms with Crippen LogP contribution in [0.3, 0.4) is 0 Å². The van der Waals surface area contributed by atoms with Crippen LogP contribution in [0.2, 0.25) is 0 Å². The third-order valence-electron chi connectivity index (χ3n) is 3.64. The Bertz CT molecular complexity index is 538. The molecule has 1 aliphatic carbocycles. The summed E-state index contributed by atoms with van der Waals surface area (Å²) < 4.78 is 0. The highest BCUT2D eigenvalue weighted by atomic mass is 15.0. The number of H-pyrrole nitrogens is 1. The number of nitrogens with one attached hydrogen (secondary N) is 1. The van der Waals surface area contributed by atoms with E-state index in [0.717, 1.165) is 28.5 Å². The van der Waals surface area contributed by atoms with Crippen LogP contribution in [-0.2, 0) is 0 Å². The molecule has 3 rings (SSSR count). The van der Waals surface area contributed by atoms with Crippen LogP contribution in [0.1, 0.15) is 55.4 Å². The summed E-state index contributed by atoms with van der Waals surface area (Å²) >= 11 is 0. The lowest BCUT2D eigenvalue weighted by molar-refractivity contribution is 0.429. The Morgan fingerprint density at radius 2 is 1.76 bits per heavy atom. The highest BCUT2D eigenvalue weighted by molar-refractivity contribution is 5.72. The van der Waals surface area contributed by atoms with Gasteiger partial charge in [-0.25, -0.2) is 15.0 Å². The minimum atomic E-state index is 0.545. The van der Waals surface area contributed by atoms with E-state index >= 15 is 0 Å². The van der Waals surface area contributed by atoms with E-state index in [-0.39, 0.29) is 0 Å². The standard InChI is InChI=1S/C13H18N4/c1-8-11-13(16-9(2)15-11)17-12(14-8)10-6-4-3-5-7-10/h10H,3-7H2,1-2H3,(H,14,15,16,17). The largest absolute Gasteiger partial charge is 0.339 e. The molecule has 0 aliphatic heterocycles. The van der Waals surface area contributed by atoms with Crippen LogP contribution >= 0.6 is 0 Å². The Morgan fingerprint density at radius 1 is 1.00 bits per heavy atom. The lowest BCUT2D eigenvalue weighted by Gasteiger charge is -2.20. The van der Waals surface area contributed by atoms with Crippen molar-refractivity contribution in [3.8, 4) is 0 Å². The molecule has 0 amide bonds. The smallest absolute Gasteiger partial charge is 0.181 e. The van der Waals surface area contributed by atoms with E-state index in [1.807, 2.05) is 13.8 Å². The van der Waals surface area contributed by atoms with Gasteiger partial charge in [0.1, 0.15) is 17.2 Å². The molecular formula is C13H18N4. The van der Waals surface area contributed by atoms with Crippen molar-refractivity contribution in [2.45, 2.75) is 51.9 Å². The highest BCUT2D eigenvalue weighted by Gasteiger charge is 2.20. The van der Waals surface area contributed by atoms with Crippen LogP contribution in [-0.4, -0.2) is 19.9 Å². The molecule has 1 fully saturated rings. The second-order valence-electron chi connectivity index (χ2n) is 5.02. The zero-order valence-corrected chi connectivity index (χ0v) is 10.5. The summed E-state index contributed by atoms with van der Waals surface area (Å²) in [5.41, 5.74) is 2.84. The van der Waals surface area contributed by atoms with Crippen LogP contribution in [0.4, 0.5) is 0 Å². The van der Waals surface area contributed by atoms with E-state index in [0.29, 0.717) is 5.92 Å². The number of aryl methyl sites for hydroxylation is 2. The molecule has 90 valence electrons. The summed E-state index contributed by atoms with van der Waals surface area (Å²) in [5, 5.41) is 0. The molecule has 0 radical (unpaired) electrons. The number of fused-ring (bicyclic) bond motifs is 1. The minimum absolute atomic E-state index is 0.545. The van der Waals surface area contributed by atoms with Gasteiger partial charge in [-0.05, 0) is 26.7 Å². The molecule has 1 saturated carbocycles. The molecule has 2 aromatic rings. The molecule has 1 aliphatic rings. The third-order valence-corrected chi connectivity index (χ3v) is 3.64. The van der Waals surface area contributed by atoms with Gasteiger partial charge in [0.15, 0.2) is 5.65 Å². The average molecular weight is 230 g/mol. The molecule has 0 unspecified atom stereocenters. The Hall–Kier alpha value is -1.45. The van der Waals surface area contributed by atoms with Crippen LogP contribution in [0, 0.1) is 13.8 Å². The molecule has 4 nitrogen and oxygen atoms in total. The molecule has 0 aromatic carbocycles. The van der Waals surface area contributed by atoms with E-state index < -0.39 is 0 Å². The summed E-state index contributed by atoms with van der Waals surface area (Å²) in [4.78, 5) is 16.9. The predicted octanol–water partition coefficient (Wildman–Crippen LogP) is 3.02. The fourth-order valence-corrected chi connectivity index (χ4v) is 2.72. The van der Waals surface area contributed by atoms with Gasteiger partial charge in [0.25, 0.3) is 0 Å². The topological polar surface area (TPSA) is 54.5 Å². The molecule has 0 atom stereocenters. The third kappa shape index (κ3) is 1.92. The second kappa shape index (κ2) is 4.09. The molecule has 2 aromatic heterocycles. The van der Waals surface area contributed by atoms with Gasteiger partial charge >= 0.3 is 0 Å². The van der Waals surface area contributed by atoms with Crippen molar-refractivity contribution < 1.29 is 0 Å². The predicted molar refractivity (Wildman–Crippen MR) is 67.0 cm³/mol. The summed E-state index contributed by atoms with van der Waals surface area (Å²) in [5.74, 6) is 2.46. The minimum Gasteiger partial charge on any atom is -0.339 e. The average Bonchev–Trinajstić information content (AvgIpc) is 2.71. The summed E-state index contributed by atoms with van der Waals surface area (Å²) in [6.45, 7) is 4.00. The first-order chi connectivity index (χ1) is 8.24. The Labute approximate surface area is 101 Å². The molecule has 0 bridgehead atoms. The normalized spacial score (nSPS) is 17.8. The van der Waals surface area contributed by atoms with Gasteiger partial charge in [-0.2, -0.15) is 0 Å². The van der Waals surface area contributed by atoms with Crippen molar-refractivity contribution in [2.24, 2.45) is 0 Å². The van der Waals surface area contributed by atoms with Crippen molar-refractivity contribution in [3.63, 3.8) is 0 Å². The lowest BCUT2D eigenvalue weighted by atomic mass is 9.88. The van der Waals surface area contributed by atoms with Crippen molar-refractivity contribution >= 4 is 11.2 Å². The van der Waals surface area contributed by atoms with Crippen molar-refractivity contribution in [2.75, 3.05) is 0 Å². The van der Waals surface area contributed by atoms with Gasteiger partial charge in [0.05, 0.1) is 5.69 Å². The number of hydrogen-bond acceptors (Lipinski definition) is 3. The molecule has 2 heterocycles. The number of aromatic amines is 1. The quantitative estimate of drug-likeness (QED) is 0.819. The first-order valence-corrected chi connectivity index (χ1v) is 6.45. The maximum absolute atomic E-state index is 4.66. The molecular weight excluding hydrogens is 212 g/mol. The van der Waals surface area contributed by atoms with E-state index in [9.17, 15) is 0 Å².